The third-order valence-corrected chi connectivity index (χ3v) is 19.5. The molecule has 10 heterocycles. The van der Waals surface area contributed by atoms with Crippen molar-refractivity contribution in [1.82, 2.24) is 50.5 Å². The zero-order valence-corrected chi connectivity index (χ0v) is 56.3. The molecule has 0 aromatic carbocycles. The summed E-state index contributed by atoms with van der Waals surface area (Å²) < 4.78 is 21.0. The number of nitrogens with zero attached hydrogens (tertiary/aromatic N) is 4. The van der Waals surface area contributed by atoms with Gasteiger partial charge in [-0.2, -0.15) is 0 Å². The maximum Gasteiger partial charge on any atom is 0.310 e. The number of ether oxygens (including phenoxy) is 4. The fraction of sp³-hybridized carbons (Fsp3) is 0.378. The van der Waals surface area contributed by atoms with E-state index in [2.05, 4.69) is 83.6 Å². The summed E-state index contributed by atoms with van der Waals surface area (Å²) in [5, 5.41) is 6.14. The Hall–Kier alpha value is -9.98. The number of H-pyrrole nitrogens is 4. The number of rotatable bonds is 19. The Balaban J connectivity index is 1.10. The highest BCUT2D eigenvalue weighted by molar-refractivity contribution is 6.29. The number of methoxy groups -OCH3 is 4. The summed E-state index contributed by atoms with van der Waals surface area (Å²) >= 11 is 0. The van der Waals surface area contributed by atoms with Gasteiger partial charge in [0.25, 0.3) is 11.8 Å². The molecule has 20 nitrogen and oxygen atoms in total. The normalized spacial score (nSPS) is 16.0. The summed E-state index contributed by atoms with van der Waals surface area (Å²) in [4.78, 5) is 120. The number of amides is 2. The van der Waals surface area contributed by atoms with E-state index >= 15 is 9.59 Å². The van der Waals surface area contributed by atoms with Crippen molar-refractivity contribution in [2.24, 2.45) is 0 Å². The molecule has 4 aliphatic heterocycles. The first-order chi connectivity index (χ1) is 45.0. The number of nitrogens with one attached hydrogen (secondary N) is 6. The van der Waals surface area contributed by atoms with Gasteiger partial charge >= 0.3 is 23.9 Å². The van der Waals surface area contributed by atoms with Gasteiger partial charge in [-0.15, -0.1) is 0 Å². The lowest BCUT2D eigenvalue weighted by atomic mass is 9.84. The van der Waals surface area contributed by atoms with Crippen LogP contribution < -0.4 is 10.6 Å². The maximum absolute atomic E-state index is 15.3. The Morgan fingerprint density at radius 3 is 1.16 bits per heavy atom. The second-order valence-corrected chi connectivity index (χ2v) is 24.6. The number of hydrogen-bond acceptors (Lipinski definition) is 14. The van der Waals surface area contributed by atoms with Gasteiger partial charge in [-0.1, -0.05) is 53.0 Å². The van der Waals surface area contributed by atoms with E-state index in [4.69, 9.17) is 38.9 Å². The van der Waals surface area contributed by atoms with E-state index < -0.39 is 47.5 Å². The van der Waals surface area contributed by atoms with Gasteiger partial charge in [-0.05, 0) is 148 Å². The highest BCUT2D eigenvalue weighted by Gasteiger charge is 2.38. The molecule has 6 aromatic heterocycles. The van der Waals surface area contributed by atoms with Crippen LogP contribution in [-0.4, -0.2) is 117 Å². The van der Waals surface area contributed by atoms with Crippen LogP contribution in [0.5, 0.6) is 0 Å². The van der Waals surface area contributed by atoms with Crippen molar-refractivity contribution in [1.29, 1.82) is 0 Å². The van der Waals surface area contributed by atoms with Crippen molar-refractivity contribution >= 4 is 114 Å². The molecular weight excluding hydrogens is 1190 g/mol. The molecule has 0 unspecified atom stereocenters. The first-order valence-electron chi connectivity index (χ1n) is 32.1. The molecule has 0 spiro atoms. The SMILES string of the molecule is C=Cc1c(C)c2cc3nc(c(CC(=O)OC)c4nc(cc5[nH]c(cc1[nH]2)c(C)c5CC)C(C)=C4C(=O)NCCNC(=O)C1=C(C)c2cc4[nH]c(cc5[nH]c(cc6nc(c(CC(=O)OC)c1n2)[C@@H](CCC(=O)OC)[C@@H]6C)c(C)c5C=C)c(C)c4CC)[C@@H](CCC(=O)OC)[C@@H]3C. The predicted molar refractivity (Wildman–Crippen MR) is 367 cm³/mol. The summed E-state index contributed by atoms with van der Waals surface area (Å²) in [6, 6.07) is 12.0. The average Bonchev–Trinajstić information content (AvgIpc) is 1.61. The second kappa shape index (κ2) is 27.7. The summed E-state index contributed by atoms with van der Waals surface area (Å²) in [5.74, 6) is -4.50. The van der Waals surface area contributed by atoms with Crippen molar-refractivity contribution in [3.8, 4) is 0 Å². The molecule has 0 saturated carbocycles. The van der Waals surface area contributed by atoms with Crippen LogP contribution in [0.3, 0.4) is 0 Å². The molecule has 6 aromatic rings. The fourth-order valence-corrected chi connectivity index (χ4v) is 13.9. The van der Waals surface area contributed by atoms with Crippen molar-refractivity contribution in [3.63, 3.8) is 0 Å². The van der Waals surface area contributed by atoms with Gasteiger partial charge < -0.3 is 49.5 Å². The number of aryl methyl sites for hydroxylation is 6. The molecule has 490 valence electrons. The molecule has 4 aliphatic rings. The largest absolute Gasteiger partial charge is 0.469 e. The summed E-state index contributed by atoms with van der Waals surface area (Å²) in [5.41, 5.74) is 20.4. The van der Waals surface area contributed by atoms with Gasteiger partial charge in [0.2, 0.25) is 0 Å². The molecule has 0 radical (unpaired) electrons. The molecule has 10 rings (SSSR count). The third-order valence-electron chi connectivity index (χ3n) is 19.5. The summed E-state index contributed by atoms with van der Waals surface area (Å²) in [7, 11) is 5.28. The van der Waals surface area contributed by atoms with E-state index in [0.717, 1.165) is 88.6 Å². The Kier molecular flexibility index (Phi) is 19.7. The van der Waals surface area contributed by atoms with Gasteiger partial charge in [0.05, 0.1) is 86.6 Å². The third kappa shape index (κ3) is 12.6. The molecule has 6 N–H and O–H groups in total. The molecule has 0 saturated heterocycles. The van der Waals surface area contributed by atoms with Gasteiger partial charge in [-0.25, -0.2) is 9.97 Å². The predicted octanol–water partition coefficient (Wildman–Crippen LogP) is 12.5. The standard InChI is InChI=1S/C74H84N10O10/c1-17-43-35(5)51-29-55-39(9)47(21-23-63(85)91-13)69(81-55)49(27-65(87)93-15)71-67(41(11)57(83-71)33-61-45(19-3)37(7)53(79-61)31-59(43)77-51)73(89)75-25-26-76-74(90)68-42(12)58-34-62-46(20-4)38(8)54(80-62)32-60-44(18-2)36(6)52(78-60)30-56-40(10)48(22-24-64(86)92-14)70(82-56)50(72(68)84-58)28-66(88)94-16/h17-18,29-34,39-40,47-48,77-80H,1-2,19-28H2,3-16H3,(H,75,89)(H,76,90)/t39-,40-,47-,48-/m0/s1. The van der Waals surface area contributed by atoms with Crippen LogP contribution in [-0.2, 0) is 73.4 Å². The van der Waals surface area contributed by atoms with Crippen LogP contribution in [0.4, 0.5) is 0 Å². The van der Waals surface area contributed by atoms with E-state index in [9.17, 15) is 19.2 Å². The van der Waals surface area contributed by atoms with Crippen LogP contribution >= 0.6 is 0 Å². The molecule has 0 fully saturated rings. The van der Waals surface area contributed by atoms with E-state index in [1.54, 1.807) is 0 Å². The number of carbonyl (C=O) groups excluding carboxylic acids is 6. The monoisotopic (exact) mass is 1270 g/mol. The summed E-state index contributed by atoms with van der Waals surface area (Å²) in [6.07, 6.45) is 5.11. The zero-order chi connectivity index (χ0) is 67.7. The second-order valence-electron chi connectivity index (χ2n) is 24.6. The van der Waals surface area contributed by atoms with Crippen molar-refractivity contribution in [3.05, 3.63) is 151 Å². The lowest BCUT2D eigenvalue weighted by molar-refractivity contribution is -0.141. The van der Waals surface area contributed by atoms with E-state index in [0.29, 0.717) is 82.1 Å². The van der Waals surface area contributed by atoms with Crippen molar-refractivity contribution < 1.29 is 47.7 Å². The number of hydrogen-bond donors (Lipinski definition) is 6. The van der Waals surface area contributed by atoms with Crippen LogP contribution in [0.25, 0.3) is 78.6 Å². The number of allylic oxidation sites excluding steroid dienone is 2. The highest BCUT2D eigenvalue weighted by atomic mass is 16.5. The summed E-state index contributed by atoms with van der Waals surface area (Å²) in [6.45, 7) is 28.2. The fourth-order valence-electron chi connectivity index (χ4n) is 13.9. The topological polar surface area (TPSA) is 278 Å². The number of fused-ring (bicyclic) bond motifs is 16. The number of aromatic nitrogens is 8. The van der Waals surface area contributed by atoms with Crippen molar-refractivity contribution in [2.75, 3.05) is 41.5 Å². The van der Waals surface area contributed by atoms with Gasteiger partial charge in [0.15, 0.2) is 0 Å². The Labute approximate surface area is 546 Å². The minimum absolute atomic E-state index is 0.0538. The van der Waals surface area contributed by atoms with Gasteiger partial charge in [-0.3, -0.25) is 38.7 Å². The quantitative estimate of drug-likeness (QED) is 0.0250. The van der Waals surface area contributed by atoms with Crippen LogP contribution in [0.1, 0.15) is 192 Å². The Bertz CT molecular complexity index is 4320. The van der Waals surface area contributed by atoms with E-state index in [1.807, 2.05) is 78.0 Å². The minimum atomic E-state index is -0.593. The van der Waals surface area contributed by atoms with Crippen LogP contribution in [0.15, 0.2) is 49.6 Å². The van der Waals surface area contributed by atoms with Crippen LogP contribution in [0.2, 0.25) is 0 Å². The molecule has 4 atom stereocenters. The molecule has 0 aliphatic carbocycles. The highest BCUT2D eigenvalue weighted by Crippen LogP contribution is 2.46. The van der Waals surface area contributed by atoms with Crippen molar-refractivity contribution in [2.45, 2.75) is 144 Å². The first kappa shape index (κ1) is 66.9. The number of esters is 4. The maximum atomic E-state index is 15.3. The Morgan fingerprint density at radius 1 is 0.468 bits per heavy atom. The smallest absolute Gasteiger partial charge is 0.310 e. The molecule has 2 amide bonds. The number of carbonyl (C=O) groups is 6. The molecular formula is C74H84N10O10. The zero-order valence-electron chi connectivity index (χ0n) is 56.3. The van der Waals surface area contributed by atoms with E-state index in [1.165, 1.54) is 28.4 Å². The average molecular weight is 1270 g/mol. The number of aromatic amines is 4. The molecule has 20 heteroatoms. The lowest BCUT2D eigenvalue weighted by Crippen LogP contribution is -2.35. The molecule has 16 bridgehead atoms. The van der Waals surface area contributed by atoms with Crippen LogP contribution in [0, 0.1) is 27.7 Å². The Morgan fingerprint density at radius 2 is 0.819 bits per heavy atom. The lowest BCUT2D eigenvalue weighted by Gasteiger charge is -2.19. The molecule has 94 heavy (non-hydrogen) atoms. The van der Waals surface area contributed by atoms with Gasteiger partial charge in [0.1, 0.15) is 0 Å². The van der Waals surface area contributed by atoms with Gasteiger partial charge in [0, 0.05) is 127 Å². The first-order valence-corrected chi connectivity index (χ1v) is 32.1. The minimum Gasteiger partial charge on any atom is -0.469 e. The van der Waals surface area contributed by atoms with E-state index in [-0.39, 0.29) is 73.1 Å².